The van der Waals surface area contributed by atoms with E-state index >= 15 is 0 Å². The molecular formula is C22H23O6Y-. The second kappa shape index (κ2) is 10.1. The van der Waals surface area contributed by atoms with Crippen molar-refractivity contribution < 1.29 is 61.3 Å². The molecule has 29 heavy (non-hydrogen) atoms. The number of ether oxygens (including phenoxy) is 2. The van der Waals surface area contributed by atoms with Crippen molar-refractivity contribution in [1.29, 1.82) is 0 Å². The molecule has 2 aromatic rings. The van der Waals surface area contributed by atoms with Gasteiger partial charge >= 0.3 is 0 Å². The monoisotopic (exact) mass is 472 g/mol. The van der Waals surface area contributed by atoms with Crippen LogP contribution >= 0.6 is 0 Å². The Morgan fingerprint density at radius 3 is 2.86 bits per heavy atom. The summed E-state index contributed by atoms with van der Waals surface area (Å²) >= 11 is 0. The Bertz CT molecular complexity index is 847. The third-order valence-electron chi connectivity index (χ3n) is 5.58. The van der Waals surface area contributed by atoms with Gasteiger partial charge < -0.3 is 19.0 Å². The molecule has 0 amide bonds. The molecule has 0 bridgehead atoms. The fraction of sp³-hybridized carbons (Fsp3) is 0.455. The molecule has 151 valence electrons. The van der Waals surface area contributed by atoms with E-state index in [-0.39, 0.29) is 76.4 Å². The summed E-state index contributed by atoms with van der Waals surface area (Å²) in [5, 5.41) is 10.2. The summed E-state index contributed by atoms with van der Waals surface area (Å²) in [4.78, 5) is 24.3. The van der Waals surface area contributed by atoms with Crippen molar-refractivity contribution in [2.75, 3.05) is 13.2 Å². The zero-order chi connectivity index (χ0) is 19.5. The molecule has 1 aromatic carbocycles. The van der Waals surface area contributed by atoms with Crippen LogP contribution in [0.5, 0.6) is 5.75 Å². The van der Waals surface area contributed by atoms with E-state index in [2.05, 4.69) is 6.26 Å². The van der Waals surface area contributed by atoms with Crippen molar-refractivity contribution in [3.8, 4) is 5.75 Å². The van der Waals surface area contributed by atoms with Crippen LogP contribution in [0.4, 0.5) is 0 Å². The molecule has 0 aliphatic heterocycles. The summed E-state index contributed by atoms with van der Waals surface area (Å²) in [5.41, 5.74) is 1.90. The summed E-state index contributed by atoms with van der Waals surface area (Å²) in [6, 6.07) is 9.05. The number of carbonyl (C=O) groups is 2. The number of carbonyl (C=O) groups excluding carboxylic acids is 2. The van der Waals surface area contributed by atoms with Gasteiger partial charge in [0.05, 0.1) is 18.6 Å². The van der Waals surface area contributed by atoms with Gasteiger partial charge in [-0.2, -0.15) is 6.07 Å². The van der Waals surface area contributed by atoms with E-state index in [0.717, 1.165) is 30.4 Å². The molecule has 4 rings (SSSR count). The number of rotatable bonds is 7. The average Bonchev–Trinajstić information content (AvgIpc) is 3.30. The second-order valence-corrected chi connectivity index (χ2v) is 7.44. The van der Waals surface area contributed by atoms with Crippen LogP contribution in [0.2, 0.25) is 0 Å². The van der Waals surface area contributed by atoms with Crippen molar-refractivity contribution in [1.82, 2.24) is 0 Å². The molecule has 0 spiro atoms. The molecule has 6 nitrogen and oxygen atoms in total. The number of aliphatic hydroxyl groups is 1. The standard InChI is InChI=1S/C22H23O6.Y/c23-19-7-1-6-17-16(19)5-2-8-21(17)28-13-18-14(10-20(24)22(18)25)11-26-12-15-4-3-9-27-15;/h2-5,8,14,18-19,23H,1,6-7,10-13H2;/q-1;/t14-,18-,19?;/m1./s1. The molecule has 1 unspecified atom stereocenters. The molecular weight excluding hydrogens is 449 g/mol. The van der Waals surface area contributed by atoms with Gasteiger partial charge in [0.25, 0.3) is 0 Å². The minimum absolute atomic E-state index is 0. The molecule has 1 heterocycles. The Kier molecular flexibility index (Phi) is 7.80. The number of fused-ring (bicyclic) bond motifs is 1. The van der Waals surface area contributed by atoms with E-state index in [1.165, 1.54) is 0 Å². The molecule has 1 aromatic heterocycles. The van der Waals surface area contributed by atoms with Crippen LogP contribution in [-0.2, 0) is 60.1 Å². The summed E-state index contributed by atoms with van der Waals surface area (Å²) in [7, 11) is 0. The molecule has 2 aliphatic rings. The van der Waals surface area contributed by atoms with Gasteiger partial charge in [0.15, 0.2) is 5.78 Å². The zero-order valence-electron chi connectivity index (χ0n) is 16.1. The Labute approximate surface area is 194 Å². The van der Waals surface area contributed by atoms with Crippen LogP contribution < -0.4 is 4.74 Å². The van der Waals surface area contributed by atoms with E-state index < -0.39 is 12.0 Å². The van der Waals surface area contributed by atoms with Crippen molar-refractivity contribution in [2.24, 2.45) is 11.8 Å². The van der Waals surface area contributed by atoms with Gasteiger partial charge in [-0.1, -0.05) is 12.1 Å². The number of aliphatic hydroxyl groups excluding tert-OH is 1. The topological polar surface area (TPSA) is 86.0 Å². The fourth-order valence-electron chi connectivity index (χ4n) is 4.05. The molecule has 1 N–H and O–H groups in total. The maximum absolute atomic E-state index is 12.3. The second-order valence-electron chi connectivity index (χ2n) is 7.44. The van der Waals surface area contributed by atoms with Gasteiger partial charge in [-0.25, -0.2) is 0 Å². The summed E-state index contributed by atoms with van der Waals surface area (Å²) in [5.74, 6) is -0.125. The first-order valence-electron chi connectivity index (χ1n) is 9.65. The number of benzene rings is 1. The summed E-state index contributed by atoms with van der Waals surface area (Å²) < 4.78 is 16.7. The van der Waals surface area contributed by atoms with Crippen molar-refractivity contribution in [3.63, 3.8) is 0 Å². The van der Waals surface area contributed by atoms with Gasteiger partial charge in [-0.15, -0.1) is 6.07 Å². The van der Waals surface area contributed by atoms with Crippen molar-refractivity contribution in [2.45, 2.75) is 38.4 Å². The van der Waals surface area contributed by atoms with Crippen molar-refractivity contribution >= 4 is 11.6 Å². The van der Waals surface area contributed by atoms with Crippen LogP contribution in [0.1, 0.15) is 42.3 Å². The Hall–Kier alpha value is -1.34. The minimum Gasteiger partial charge on any atom is -0.593 e. The smallest absolute Gasteiger partial charge is 0.205 e. The largest absolute Gasteiger partial charge is 0.593 e. The Morgan fingerprint density at radius 1 is 1.21 bits per heavy atom. The molecule has 0 saturated heterocycles. The van der Waals surface area contributed by atoms with E-state index in [0.29, 0.717) is 11.5 Å². The predicted molar refractivity (Wildman–Crippen MR) is 98.6 cm³/mol. The number of ketones is 2. The van der Waals surface area contributed by atoms with Crippen LogP contribution in [0.15, 0.2) is 34.7 Å². The van der Waals surface area contributed by atoms with Crippen LogP contribution in [0.3, 0.4) is 0 Å². The molecule has 3 atom stereocenters. The van der Waals surface area contributed by atoms with E-state index in [1.54, 1.807) is 12.1 Å². The summed E-state index contributed by atoms with van der Waals surface area (Å²) in [6.07, 6.45) is 4.80. The zero-order valence-corrected chi connectivity index (χ0v) is 19.0. The maximum Gasteiger partial charge on any atom is 0.205 e. The van der Waals surface area contributed by atoms with E-state index in [9.17, 15) is 14.7 Å². The van der Waals surface area contributed by atoms with Crippen LogP contribution in [0.25, 0.3) is 0 Å². The fourth-order valence-corrected chi connectivity index (χ4v) is 4.05. The van der Waals surface area contributed by atoms with Crippen molar-refractivity contribution in [3.05, 3.63) is 53.5 Å². The quantitative estimate of drug-likeness (QED) is 0.493. The van der Waals surface area contributed by atoms with Gasteiger partial charge in [0.1, 0.15) is 5.75 Å². The summed E-state index contributed by atoms with van der Waals surface area (Å²) in [6.45, 7) is 0.706. The maximum atomic E-state index is 12.3. The van der Waals surface area contributed by atoms with E-state index in [4.69, 9.17) is 13.9 Å². The van der Waals surface area contributed by atoms with Gasteiger partial charge in [0, 0.05) is 58.3 Å². The molecule has 1 fully saturated rings. The third kappa shape index (κ3) is 5.05. The van der Waals surface area contributed by atoms with Crippen LogP contribution in [0, 0.1) is 18.1 Å². The first kappa shape index (κ1) is 22.4. The predicted octanol–water partition coefficient (Wildman–Crippen LogP) is 2.82. The third-order valence-corrected chi connectivity index (χ3v) is 5.58. The average molecular weight is 472 g/mol. The molecule has 1 radical (unpaired) electrons. The Morgan fingerprint density at radius 2 is 2.07 bits per heavy atom. The number of furan rings is 1. The van der Waals surface area contributed by atoms with Gasteiger partial charge in [-0.3, -0.25) is 9.59 Å². The van der Waals surface area contributed by atoms with Gasteiger partial charge in [0.2, 0.25) is 5.78 Å². The molecule has 1 saturated carbocycles. The number of hydrogen-bond donors (Lipinski definition) is 1. The number of Topliss-reactive ketones (excluding diaryl/α,β-unsaturated/α-hetero) is 2. The normalized spacial score (nSPS) is 23.6. The SMILES string of the molecule is O=C1C[C@H](COCc2cc[c-]o2)[C@@H](COc2cccc3c2CCCC3O)C1=O.[Y]. The van der Waals surface area contributed by atoms with E-state index in [1.807, 2.05) is 18.2 Å². The van der Waals surface area contributed by atoms with Gasteiger partial charge in [-0.05, 0) is 48.5 Å². The number of hydrogen-bond acceptors (Lipinski definition) is 6. The minimum atomic E-state index is -0.514. The molecule has 7 heteroatoms. The first-order valence-corrected chi connectivity index (χ1v) is 9.65. The van der Waals surface area contributed by atoms with Crippen LogP contribution in [-0.4, -0.2) is 29.9 Å². The molecule has 2 aliphatic carbocycles. The first-order chi connectivity index (χ1) is 13.6. The Balaban J connectivity index is 0.00000240.